The Hall–Kier alpha value is -3.86. The Morgan fingerprint density at radius 2 is 1.52 bits per heavy atom. The molecule has 2 saturated heterocycles. The van der Waals surface area contributed by atoms with Gasteiger partial charge < -0.3 is 28.4 Å². The van der Waals surface area contributed by atoms with Crippen LogP contribution in [0.25, 0.3) is 11.1 Å². The van der Waals surface area contributed by atoms with Crippen molar-refractivity contribution in [3.05, 3.63) is 114 Å². The molecule has 3 aliphatic rings. The second kappa shape index (κ2) is 11.9. The number of nitrogens with zero attached hydrogens (tertiary/aromatic N) is 2. The van der Waals surface area contributed by atoms with Crippen LogP contribution in [0, 0.1) is 0 Å². The van der Waals surface area contributed by atoms with Crippen LogP contribution in [0.15, 0.2) is 102 Å². The standard InChI is InChI=1S/C39H43N3O5Si/c1-38(2,3)48(26-15-8-6-9-16-26,27-17-10-7-11-18-27)44-23-31-34-36(47-39(4,5)46-34)33(45-31)29-22-43-35-32(29)40-24-41-37(35)42-30-21-20-25-14-12-13-19-28(25)30/h6-19,22,24,30-31,33-34,36H,20-21,23H2,1-5H3,(H,40,41,42)/t30-,31+,33-,34+,36-/m0/s1. The smallest absolute Gasteiger partial charge is 0.261 e. The Labute approximate surface area is 282 Å². The maximum Gasteiger partial charge on any atom is 0.261 e. The largest absolute Gasteiger partial charge is 0.458 e. The van der Waals surface area contributed by atoms with Crippen molar-refractivity contribution >= 4 is 35.6 Å². The van der Waals surface area contributed by atoms with Crippen LogP contribution in [0.5, 0.6) is 0 Å². The zero-order valence-corrected chi connectivity index (χ0v) is 29.2. The number of benzene rings is 3. The highest BCUT2D eigenvalue weighted by molar-refractivity contribution is 6.99. The molecule has 0 unspecified atom stereocenters. The summed E-state index contributed by atoms with van der Waals surface area (Å²) in [5.41, 5.74) is 4.83. The van der Waals surface area contributed by atoms with Crippen molar-refractivity contribution in [2.75, 3.05) is 11.9 Å². The maximum absolute atomic E-state index is 7.32. The molecule has 9 heteroatoms. The molecule has 248 valence electrons. The number of anilines is 1. The first-order chi connectivity index (χ1) is 23.1. The van der Waals surface area contributed by atoms with E-state index in [0.717, 1.165) is 18.4 Å². The van der Waals surface area contributed by atoms with E-state index in [-0.39, 0.29) is 29.4 Å². The summed E-state index contributed by atoms with van der Waals surface area (Å²) < 4.78 is 33.5. The minimum atomic E-state index is -2.80. The second-order valence-corrected chi connectivity index (χ2v) is 19.0. The summed E-state index contributed by atoms with van der Waals surface area (Å²) in [6.07, 6.45) is 3.86. The molecule has 0 saturated carbocycles. The third-order valence-electron chi connectivity index (χ3n) is 10.2. The van der Waals surface area contributed by atoms with Crippen LogP contribution in [-0.4, -0.2) is 49.0 Å². The highest BCUT2D eigenvalue weighted by atomic mass is 28.4. The monoisotopic (exact) mass is 661 g/mol. The van der Waals surface area contributed by atoms with Gasteiger partial charge in [-0.1, -0.05) is 106 Å². The highest BCUT2D eigenvalue weighted by Crippen LogP contribution is 2.48. The number of rotatable bonds is 8. The van der Waals surface area contributed by atoms with Gasteiger partial charge in [0, 0.05) is 5.56 Å². The highest BCUT2D eigenvalue weighted by Gasteiger charge is 2.58. The van der Waals surface area contributed by atoms with Crippen LogP contribution >= 0.6 is 0 Å². The molecule has 5 aromatic rings. The average Bonchev–Trinajstić information content (AvgIpc) is 3.84. The van der Waals surface area contributed by atoms with E-state index in [2.05, 4.69) is 116 Å². The van der Waals surface area contributed by atoms with E-state index in [4.69, 9.17) is 28.0 Å². The quantitative estimate of drug-likeness (QED) is 0.181. The lowest BCUT2D eigenvalue weighted by atomic mass is 10.0. The van der Waals surface area contributed by atoms with Crippen LogP contribution in [-0.2, 0) is 25.1 Å². The molecule has 2 aliphatic heterocycles. The number of furan rings is 1. The maximum atomic E-state index is 7.32. The summed E-state index contributed by atoms with van der Waals surface area (Å²) in [4.78, 5) is 9.29. The van der Waals surface area contributed by atoms with Gasteiger partial charge >= 0.3 is 0 Å². The fourth-order valence-corrected chi connectivity index (χ4v) is 12.7. The van der Waals surface area contributed by atoms with Crippen LogP contribution < -0.4 is 15.7 Å². The number of ether oxygens (including phenoxy) is 3. The fraction of sp³-hybridized carbons (Fsp3) is 0.385. The fourth-order valence-electron chi connectivity index (χ4n) is 8.08. The van der Waals surface area contributed by atoms with E-state index >= 15 is 0 Å². The summed E-state index contributed by atoms with van der Waals surface area (Å²) in [6, 6.07) is 30.1. The van der Waals surface area contributed by atoms with Crippen LogP contribution in [0.2, 0.25) is 5.04 Å². The van der Waals surface area contributed by atoms with E-state index in [1.54, 1.807) is 12.6 Å². The Kier molecular flexibility index (Phi) is 7.80. The topological polar surface area (TPSA) is 87.9 Å². The minimum absolute atomic E-state index is 0.162. The summed E-state index contributed by atoms with van der Waals surface area (Å²) in [5.74, 6) is -0.0950. The molecule has 4 heterocycles. The van der Waals surface area contributed by atoms with Gasteiger partial charge in [0.2, 0.25) is 0 Å². The van der Waals surface area contributed by atoms with Gasteiger partial charge in [0.05, 0.1) is 18.9 Å². The third kappa shape index (κ3) is 5.29. The first-order valence-electron chi connectivity index (χ1n) is 17.0. The van der Waals surface area contributed by atoms with Crippen molar-refractivity contribution in [2.45, 2.75) is 88.7 Å². The van der Waals surface area contributed by atoms with Gasteiger partial charge in [-0.05, 0) is 53.2 Å². The van der Waals surface area contributed by atoms with Crippen LogP contribution in [0.3, 0.4) is 0 Å². The van der Waals surface area contributed by atoms with Crippen LogP contribution in [0.4, 0.5) is 5.82 Å². The summed E-state index contributed by atoms with van der Waals surface area (Å²) in [7, 11) is -2.80. The SMILES string of the molecule is CC1(C)O[C@@H]2[C@H](O1)[C@@H](CO[Si](c1ccccc1)(c1ccccc1)C(C)(C)C)O[C@H]2c1coc2c(N[C@H]3CCc4ccccc43)ncnc12. The van der Waals surface area contributed by atoms with Gasteiger partial charge in [-0.3, -0.25) is 0 Å². The molecule has 3 aromatic carbocycles. The predicted molar refractivity (Wildman–Crippen MR) is 188 cm³/mol. The summed E-state index contributed by atoms with van der Waals surface area (Å²) >= 11 is 0. The molecule has 8 nitrogen and oxygen atoms in total. The van der Waals surface area contributed by atoms with Crippen molar-refractivity contribution < 1.29 is 23.1 Å². The van der Waals surface area contributed by atoms with Gasteiger partial charge in [-0.25, -0.2) is 9.97 Å². The molecule has 5 atom stereocenters. The Balaban J connectivity index is 1.11. The summed E-state index contributed by atoms with van der Waals surface area (Å²) in [6.45, 7) is 11.1. The third-order valence-corrected chi connectivity index (χ3v) is 15.2. The predicted octanol–water partition coefficient (Wildman–Crippen LogP) is 6.86. The zero-order valence-electron chi connectivity index (χ0n) is 28.2. The lowest BCUT2D eigenvalue weighted by Gasteiger charge is -2.43. The molecule has 2 aromatic heterocycles. The van der Waals surface area contributed by atoms with Gasteiger partial charge in [0.15, 0.2) is 17.2 Å². The lowest BCUT2D eigenvalue weighted by molar-refractivity contribution is -0.190. The van der Waals surface area contributed by atoms with Gasteiger partial charge in [-0.2, -0.15) is 0 Å². The molecule has 1 aliphatic carbocycles. The van der Waals surface area contributed by atoms with E-state index in [1.165, 1.54) is 21.5 Å². The summed E-state index contributed by atoms with van der Waals surface area (Å²) in [5, 5.41) is 5.92. The van der Waals surface area contributed by atoms with Crippen molar-refractivity contribution in [1.82, 2.24) is 9.97 Å². The number of hydrogen-bond acceptors (Lipinski definition) is 8. The van der Waals surface area contributed by atoms with Crippen molar-refractivity contribution in [3.8, 4) is 0 Å². The average molecular weight is 662 g/mol. The molecular weight excluding hydrogens is 619 g/mol. The van der Waals surface area contributed by atoms with E-state index in [0.29, 0.717) is 23.5 Å². The Morgan fingerprint density at radius 1 is 0.854 bits per heavy atom. The Bertz CT molecular complexity index is 1870. The van der Waals surface area contributed by atoms with E-state index in [1.807, 2.05) is 13.8 Å². The zero-order chi connectivity index (χ0) is 33.1. The van der Waals surface area contributed by atoms with E-state index in [9.17, 15) is 0 Å². The molecular formula is C39H43N3O5Si. The molecule has 0 bridgehead atoms. The molecule has 8 rings (SSSR count). The molecule has 1 N–H and O–H groups in total. The minimum Gasteiger partial charge on any atom is -0.458 e. The normalized spacial score (nSPS) is 24.9. The molecule has 0 amide bonds. The lowest BCUT2D eigenvalue weighted by Crippen LogP contribution is -2.67. The second-order valence-electron chi connectivity index (χ2n) is 14.7. The van der Waals surface area contributed by atoms with Crippen molar-refractivity contribution in [1.29, 1.82) is 0 Å². The van der Waals surface area contributed by atoms with Gasteiger partial charge in [0.25, 0.3) is 8.32 Å². The first kappa shape index (κ1) is 31.4. The van der Waals surface area contributed by atoms with Crippen molar-refractivity contribution in [2.24, 2.45) is 0 Å². The molecule has 0 spiro atoms. The van der Waals surface area contributed by atoms with Gasteiger partial charge in [0.1, 0.15) is 36.3 Å². The Morgan fingerprint density at radius 3 is 2.23 bits per heavy atom. The van der Waals surface area contributed by atoms with Crippen molar-refractivity contribution in [3.63, 3.8) is 0 Å². The van der Waals surface area contributed by atoms with Gasteiger partial charge in [-0.15, -0.1) is 0 Å². The number of aryl methyl sites for hydroxylation is 1. The molecule has 48 heavy (non-hydrogen) atoms. The molecule has 0 radical (unpaired) electrons. The number of nitrogens with one attached hydrogen (secondary N) is 1. The molecule has 2 fully saturated rings. The number of aromatic nitrogens is 2. The number of fused-ring (bicyclic) bond motifs is 3. The first-order valence-corrected chi connectivity index (χ1v) is 18.9. The van der Waals surface area contributed by atoms with Crippen LogP contribution in [0.1, 0.15) is 69.9 Å². The van der Waals surface area contributed by atoms with E-state index < -0.39 is 20.2 Å². The number of hydrogen-bond donors (Lipinski definition) is 1.